The SMILES string of the molecule is COc1ccc(F)c(OC)c1CCC(C)N. The summed E-state index contributed by atoms with van der Waals surface area (Å²) in [5.41, 5.74) is 6.42. The molecular weight excluding hydrogens is 209 g/mol. The number of nitrogens with two attached hydrogens (primary N) is 1. The highest BCUT2D eigenvalue weighted by molar-refractivity contribution is 5.45. The van der Waals surface area contributed by atoms with Gasteiger partial charge in [0.2, 0.25) is 0 Å². The summed E-state index contributed by atoms with van der Waals surface area (Å²) < 4.78 is 23.7. The molecule has 0 amide bonds. The maximum absolute atomic E-state index is 13.5. The van der Waals surface area contributed by atoms with E-state index < -0.39 is 0 Å². The van der Waals surface area contributed by atoms with Crippen LogP contribution in [0.5, 0.6) is 11.5 Å². The molecule has 1 aromatic rings. The van der Waals surface area contributed by atoms with Crippen LogP contribution in [0.2, 0.25) is 0 Å². The van der Waals surface area contributed by atoms with Crippen molar-refractivity contribution in [3.8, 4) is 11.5 Å². The van der Waals surface area contributed by atoms with Gasteiger partial charge in [-0.05, 0) is 31.9 Å². The zero-order chi connectivity index (χ0) is 12.1. The minimum Gasteiger partial charge on any atom is -0.496 e. The van der Waals surface area contributed by atoms with Gasteiger partial charge in [-0.25, -0.2) is 4.39 Å². The van der Waals surface area contributed by atoms with E-state index in [4.69, 9.17) is 15.2 Å². The van der Waals surface area contributed by atoms with Crippen LogP contribution in [0.4, 0.5) is 4.39 Å². The first-order chi connectivity index (χ1) is 7.60. The van der Waals surface area contributed by atoms with Crippen LogP contribution in [-0.2, 0) is 6.42 Å². The van der Waals surface area contributed by atoms with E-state index in [-0.39, 0.29) is 17.6 Å². The van der Waals surface area contributed by atoms with Gasteiger partial charge in [0.15, 0.2) is 11.6 Å². The largest absolute Gasteiger partial charge is 0.496 e. The van der Waals surface area contributed by atoms with Crippen molar-refractivity contribution in [2.24, 2.45) is 5.73 Å². The summed E-state index contributed by atoms with van der Waals surface area (Å²) in [7, 11) is 3.01. The molecule has 0 saturated carbocycles. The summed E-state index contributed by atoms with van der Waals surface area (Å²) >= 11 is 0. The van der Waals surface area contributed by atoms with E-state index in [9.17, 15) is 4.39 Å². The predicted octanol–water partition coefficient (Wildman–Crippen LogP) is 2.12. The summed E-state index contributed by atoms with van der Waals surface area (Å²) in [6.07, 6.45) is 1.40. The number of rotatable bonds is 5. The average Bonchev–Trinajstić information content (AvgIpc) is 2.26. The molecule has 0 aliphatic heterocycles. The third kappa shape index (κ3) is 2.85. The van der Waals surface area contributed by atoms with Crippen molar-refractivity contribution in [2.45, 2.75) is 25.8 Å². The van der Waals surface area contributed by atoms with E-state index >= 15 is 0 Å². The third-order valence-corrected chi connectivity index (χ3v) is 2.44. The third-order valence-electron chi connectivity index (χ3n) is 2.44. The Kier molecular flexibility index (Phi) is 4.55. The van der Waals surface area contributed by atoms with Crippen molar-refractivity contribution >= 4 is 0 Å². The molecule has 1 rings (SSSR count). The molecule has 0 heterocycles. The lowest BCUT2D eigenvalue weighted by Crippen LogP contribution is -2.16. The van der Waals surface area contributed by atoms with Gasteiger partial charge in [-0.1, -0.05) is 0 Å². The van der Waals surface area contributed by atoms with E-state index in [0.29, 0.717) is 12.2 Å². The Labute approximate surface area is 95.4 Å². The van der Waals surface area contributed by atoms with Crippen LogP contribution in [0.1, 0.15) is 18.9 Å². The summed E-state index contributed by atoms with van der Waals surface area (Å²) in [5.74, 6) is 0.516. The normalized spacial score (nSPS) is 12.3. The maximum Gasteiger partial charge on any atom is 0.165 e. The topological polar surface area (TPSA) is 44.5 Å². The van der Waals surface area contributed by atoms with Crippen molar-refractivity contribution < 1.29 is 13.9 Å². The van der Waals surface area contributed by atoms with Gasteiger partial charge in [0.1, 0.15) is 5.75 Å². The molecule has 3 nitrogen and oxygen atoms in total. The number of hydrogen-bond acceptors (Lipinski definition) is 3. The van der Waals surface area contributed by atoms with Crippen molar-refractivity contribution in [3.05, 3.63) is 23.5 Å². The van der Waals surface area contributed by atoms with Crippen molar-refractivity contribution in [3.63, 3.8) is 0 Å². The molecule has 90 valence electrons. The molecule has 4 heteroatoms. The van der Waals surface area contributed by atoms with Crippen molar-refractivity contribution in [1.82, 2.24) is 0 Å². The molecule has 0 radical (unpaired) electrons. The first-order valence-corrected chi connectivity index (χ1v) is 5.25. The van der Waals surface area contributed by atoms with Crippen LogP contribution in [0.15, 0.2) is 12.1 Å². The Morgan fingerprint density at radius 2 is 2.00 bits per heavy atom. The first kappa shape index (κ1) is 12.8. The van der Waals surface area contributed by atoms with Gasteiger partial charge in [0.25, 0.3) is 0 Å². The molecule has 16 heavy (non-hydrogen) atoms. The molecular formula is C12H18FNO2. The minimum atomic E-state index is -0.372. The molecule has 0 fully saturated rings. The Hall–Kier alpha value is -1.29. The number of methoxy groups -OCH3 is 2. The first-order valence-electron chi connectivity index (χ1n) is 5.25. The smallest absolute Gasteiger partial charge is 0.165 e. The summed E-state index contributed by atoms with van der Waals surface area (Å²) in [4.78, 5) is 0. The van der Waals surface area contributed by atoms with Gasteiger partial charge in [0, 0.05) is 11.6 Å². The molecule has 1 unspecified atom stereocenters. The van der Waals surface area contributed by atoms with Crippen molar-refractivity contribution in [2.75, 3.05) is 14.2 Å². The fourth-order valence-corrected chi connectivity index (χ4v) is 1.60. The number of halogens is 1. The van der Waals surface area contributed by atoms with Gasteiger partial charge < -0.3 is 15.2 Å². The highest BCUT2D eigenvalue weighted by Gasteiger charge is 2.15. The van der Waals surface area contributed by atoms with Crippen LogP contribution in [0, 0.1) is 5.82 Å². The van der Waals surface area contributed by atoms with E-state index in [1.54, 1.807) is 13.2 Å². The molecule has 0 saturated heterocycles. The number of hydrogen-bond donors (Lipinski definition) is 1. The number of benzene rings is 1. The molecule has 0 aromatic heterocycles. The molecule has 0 aliphatic rings. The fraction of sp³-hybridized carbons (Fsp3) is 0.500. The Bertz CT molecular complexity index is 353. The van der Waals surface area contributed by atoms with Crippen LogP contribution in [0.3, 0.4) is 0 Å². The molecule has 0 spiro atoms. The lowest BCUT2D eigenvalue weighted by atomic mass is 10.0. The van der Waals surface area contributed by atoms with E-state index in [2.05, 4.69) is 0 Å². The van der Waals surface area contributed by atoms with Gasteiger partial charge >= 0.3 is 0 Å². The average molecular weight is 227 g/mol. The Morgan fingerprint density at radius 1 is 1.31 bits per heavy atom. The van der Waals surface area contributed by atoms with Crippen LogP contribution >= 0.6 is 0 Å². The predicted molar refractivity (Wildman–Crippen MR) is 61.5 cm³/mol. The lowest BCUT2D eigenvalue weighted by molar-refractivity contribution is 0.364. The summed E-state index contributed by atoms with van der Waals surface area (Å²) in [6.45, 7) is 1.91. The second kappa shape index (κ2) is 5.70. The highest BCUT2D eigenvalue weighted by atomic mass is 19.1. The maximum atomic E-state index is 13.5. The lowest BCUT2D eigenvalue weighted by Gasteiger charge is -2.14. The molecule has 1 aromatic carbocycles. The monoisotopic (exact) mass is 227 g/mol. The standard InChI is InChI=1S/C12H18FNO2/c1-8(14)4-5-9-11(15-2)7-6-10(13)12(9)16-3/h6-8H,4-5,14H2,1-3H3. The van der Waals surface area contributed by atoms with Crippen LogP contribution in [0.25, 0.3) is 0 Å². The van der Waals surface area contributed by atoms with Crippen LogP contribution < -0.4 is 15.2 Å². The summed E-state index contributed by atoms with van der Waals surface area (Å²) in [5, 5.41) is 0. The molecule has 1 atom stereocenters. The van der Waals surface area contributed by atoms with E-state index in [1.165, 1.54) is 13.2 Å². The molecule has 0 aliphatic carbocycles. The van der Waals surface area contributed by atoms with E-state index in [0.717, 1.165) is 12.0 Å². The quantitative estimate of drug-likeness (QED) is 0.838. The minimum absolute atomic E-state index is 0.0673. The van der Waals surface area contributed by atoms with Crippen molar-refractivity contribution in [1.29, 1.82) is 0 Å². The molecule has 2 N–H and O–H groups in total. The van der Waals surface area contributed by atoms with Gasteiger partial charge in [-0.15, -0.1) is 0 Å². The fourth-order valence-electron chi connectivity index (χ4n) is 1.60. The van der Waals surface area contributed by atoms with Crippen LogP contribution in [-0.4, -0.2) is 20.3 Å². The zero-order valence-corrected chi connectivity index (χ0v) is 9.92. The van der Waals surface area contributed by atoms with E-state index in [1.807, 2.05) is 6.92 Å². The second-order valence-electron chi connectivity index (χ2n) is 3.78. The van der Waals surface area contributed by atoms with Gasteiger partial charge in [-0.3, -0.25) is 0 Å². The Balaban J connectivity index is 3.04. The summed E-state index contributed by atoms with van der Waals surface area (Å²) in [6, 6.07) is 3.01. The number of ether oxygens (including phenoxy) is 2. The zero-order valence-electron chi connectivity index (χ0n) is 9.92. The molecule has 0 bridgehead atoms. The highest BCUT2D eigenvalue weighted by Crippen LogP contribution is 2.32. The van der Waals surface area contributed by atoms with Gasteiger partial charge in [0.05, 0.1) is 14.2 Å². The van der Waals surface area contributed by atoms with Gasteiger partial charge in [-0.2, -0.15) is 0 Å². The second-order valence-corrected chi connectivity index (χ2v) is 3.78. The Morgan fingerprint density at radius 3 is 2.50 bits per heavy atom.